The molecule has 2 heterocycles. The summed E-state index contributed by atoms with van der Waals surface area (Å²) in [6, 6.07) is 6.96. The molecule has 0 radical (unpaired) electrons. The molecule has 3 rings (SSSR count). The number of carbonyl (C=O) groups excluding carboxylic acids is 2. The molecular weight excluding hydrogens is 458 g/mol. The molecule has 0 saturated carbocycles. The first-order valence-electron chi connectivity index (χ1n) is 11.3. The molecule has 1 saturated heterocycles. The first-order chi connectivity index (χ1) is 16.6. The minimum Gasteiger partial charge on any atom is -0.489 e. The van der Waals surface area contributed by atoms with Gasteiger partial charge in [-0.25, -0.2) is 13.8 Å². The van der Waals surface area contributed by atoms with Gasteiger partial charge in [-0.15, -0.1) is 0 Å². The zero-order valence-electron chi connectivity index (χ0n) is 20.4. The average Bonchev–Trinajstić information content (AvgIpc) is 2.85. The number of halogens is 2. The summed E-state index contributed by atoms with van der Waals surface area (Å²) in [5.74, 6) is -0.339. The van der Waals surface area contributed by atoms with Crippen molar-refractivity contribution in [3.8, 4) is 5.75 Å². The second-order valence-corrected chi connectivity index (χ2v) is 8.53. The molecule has 3 N–H and O–H groups in total. The predicted octanol–water partition coefficient (Wildman–Crippen LogP) is 4.14. The third kappa shape index (κ3) is 7.29. The number of pyridine rings is 1. The summed E-state index contributed by atoms with van der Waals surface area (Å²) >= 11 is 0. The Balaban J connectivity index is 0.00000210. The number of hydrogen-bond acceptors (Lipinski definition) is 7. The van der Waals surface area contributed by atoms with Crippen LogP contribution in [0.1, 0.15) is 49.7 Å². The number of nitrogens with one attached hydrogen (secondary N) is 2. The summed E-state index contributed by atoms with van der Waals surface area (Å²) in [6.07, 6.45) is 0.813. The number of hydrogen-bond donors (Lipinski definition) is 3. The van der Waals surface area contributed by atoms with Gasteiger partial charge in [-0.1, -0.05) is 13.8 Å². The molecule has 0 bridgehead atoms. The third-order valence-corrected chi connectivity index (χ3v) is 5.67. The minimum atomic E-state index is -1.64. The Kier molecular flexibility index (Phi) is 9.82. The number of nitrogens with zero attached hydrogens (tertiary/aromatic N) is 2. The van der Waals surface area contributed by atoms with Gasteiger partial charge in [0.1, 0.15) is 35.4 Å². The number of carbonyl (C=O) groups is 2. The Hall–Kier alpha value is -3.40. The molecular formula is C25H32F2N4O4. The zero-order valence-corrected chi connectivity index (χ0v) is 20.4. The van der Waals surface area contributed by atoms with Crippen LogP contribution in [0.2, 0.25) is 0 Å². The zero-order chi connectivity index (χ0) is 26.2. The second-order valence-electron chi connectivity index (χ2n) is 8.53. The summed E-state index contributed by atoms with van der Waals surface area (Å²) in [7, 11) is 1.00. The van der Waals surface area contributed by atoms with Crippen LogP contribution in [0.25, 0.3) is 0 Å². The number of aliphatic hydroxyl groups is 1. The van der Waals surface area contributed by atoms with Gasteiger partial charge in [0.25, 0.3) is 0 Å². The van der Waals surface area contributed by atoms with Crippen molar-refractivity contribution >= 4 is 29.4 Å². The van der Waals surface area contributed by atoms with Gasteiger partial charge in [0.15, 0.2) is 6.29 Å². The molecule has 1 aliphatic rings. The minimum absolute atomic E-state index is 0.0502. The molecule has 1 amide bonds. The number of aliphatic hydroxyl groups excluding tert-OH is 1. The first-order valence-corrected chi connectivity index (χ1v) is 11.3. The summed E-state index contributed by atoms with van der Waals surface area (Å²) < 4.78 is 34.6. The number of benzene rings is 1. The van der Waals surface area contributed by atoms with Gasteiger partial charge in [-0.3, -0.25) is 9.59 Å². The molecule has 0 atom stereocenters. The maximum absolute atomic E-state index is 15.4. The van der Waals surface area contributed by atoms with Gasteiger partial charge in [0.2, 0.25) is 5.91 Å². The van der Waals surface area contributed by atoms with E-state index in [0.717, 1.165) is 7.11 Å². The van der Waals surface area contributed by atoms with E-state index in [2.05, 4.69) is 10.3 Å². The smallest absolute Gasteiger partial charge is 0.219 e. The fraction of sp³-hybridized carbons (Fsp3) is 0.440. The molecule has 190 valence electrons. The van der Waals surface area contributed by atoms with E-state index in [1.807, 2.05) is 13.8 Å². The number of ether oxygens (including phenoxy) is 1. The van der Waals surface area contributed by atoms with Crippen molar-refractivity contribution in [1.29, 1.82) is 5.41 Å². The van der Waals surface area contributed by atoms with Gasteiger partial charge >= 0.3 is 0 Å². The Morgan fingerprint density at radius 3 is 2.40 bits per heavy atom. The summed E-state index contributed by atoms with van der Waals surface area (Å²) in [5.41, 5.74) is -0.578. The maximum Gasteiger partial charge on any atom is 0.219 e. The largest absolute Gasteiger partial charge is 0.489 e. The van der Waals surface area contributed by atoms with Crippen LogP contribution in [-0.4, -0.2) is 65.4 Å². The molecule has 35 heavy (non-hydrogen) atoms. The van der Waals surface area contributed by atoms with Gasteiger partial charge < -0.3 is 25.5 Å². The lowest BCUT2D eigenvalue weighted by Gasteiger charge is -2.35. The van der Waals surface area contributed by atoms with Crippen molar-refractivity contribution in [2.75, 3.05) is 32.1 Å². The molecule has 10 heteroatoms. The molecule has 1 aromatic heterocycles. The van der Waals surface area contributed by atoms with E-state index >= 15 is 4.39 Å². The quantitative estimate of drug-likeness (QED) is 0.378. The van der Waals surface area contributed by atoms with Crippen LogP contribution in [0.3, 0.4) is 0 Å². The van der Waals surface area contributed by atoms with Crippen molar-refractivity contribution in [3.63, 3.8) is 0 Å². The first kappa shape index (κ1) is 27.8. The fourth-order valence-electron chi connectivity index (χ4n) is 3.60. The van der Waals surface area contributed by atoms with Crippen LogP contribution in [-0.2, 0) is 4.79 Å². The lowest BCUT2D eigenvalue weighted by atomic mass is 9.94. The van der Waals surface area contributed by atoms with Gasteiger partial charge in [0.05, 0.1) is 5.56 Å². The van der Waals surface area contributed by atoms with E-state index in [4.69, 9.17) is 15.3 Å². The molecule has 0 aliphatic carbocycles. The SMILES string of the molecule is CC(=O)N1CCC(F)(COc2cc(C=O)nc(Nc3ccc(F)cc3)c2C(=N)C(C)C)CC1.CO. The van der Waals surface area contributed by atoms with Crippen LogP contribution < -0.4 is 10.1 Å². The van der Waals surface area contributed by atoms with E-state index in [1.54, 1.807) is 4.90 Å². The number of anilines is 2. The van der Waals surface area contributed by atoms with Crippen LogP contribution in [0, 0.1) is 17.1 Å². The highest BCUT2D eigenvalue weighted by atomic mass is 19.1. The van der Waals surface area contributed by atoms with E-state index < -0.39 is 11.5 Å². The van der Waals surface area contributed by atoms with E-state index in [1.165, 1.54) is 37.3 Å². The molecule has 1 aliphatic heterocycles. The van der Waals surface area contributed by atoms with Crippen LogP contribution in [0.4, 0.5) is 20.3 Å². The monoisotopic (exact) mass is 490 g/mol. The molecule has 0 unspecified atom stereocenters. The third-order valence-electron chi connectivity index (χ3n) is 5.67. The van der Waals surface area contributed by atoms with Gasteiger partial charge in [-0.05, 0) is 30.2 Å². The number of amides is 1. The molecule has 1 aromatic carbocycles. The van der Waals surface area contributed by atoms with E-state index in [-0.39, 0.29) is 54.2 Å². The van der Waals surface area contributed by atoms with Crippen molar-refractivity contribution in [2.24, 2.45) is 5.92 Å². The predicted molar refractivity (Wildman–Crippen MR) is 130 cm³/mol. The number of aldehydes is 1. The Morgan fingerprint density at radius 1 is 1.29 bits per heavy atom. The summed E-state index contributed by atoms with van der Waals surface area (Å²) in [6.45, 7) is 5.44. The van der Waals surface area contributed by atoms with E-state index in [0.29, 0.717) is 30.6 Å². The highest BCUT2D eigenvalue weighted by Gasteiger charge is 2.36. The Morgan fingerprint density at radius 2 is 1.89 bits per heavy atom. The highest BCUT2D eigenvalue weighted by Crippen LogP contribution is 2.33. The fourth-order valence-corrected chi connectivity index (χ4v) is 3.60. The second kappa shape index (κ2) is 12.3. The number of piperidine rings is 1. The maximum atomic E-state index is 15.4. The lowest BCUT2D eigenvalue weighted by molar-refractivity contribution is -0.131. The number of alkyl halides is 1. The highest BCUT2D eigenvalue weighted by molar-refractivity contribution is 6.06. The lowest BCUT2D eigenvalue weighted by Crippen LogP contribution is -2.46. The number of aromatic nitrogens is 1. The van der Waals surface area contributed by atoms with Crippen molar-refractivity contribution in [1.82, 2.24) is 9.88 Å². The van der Waals surface area contributed by atoms with Crippen molar-refractivity contribution in [3.05, 3.63) is 47.4 Å². The normalized spacial score (nSPS) is 14.6. The average molecular weight is 491 g/mol. The Labute approximate surface area is 203 Å². The number of likely N-dealkylation sites (tertiary alicyclic amines) is 1. The van der Waals surface area contributed by atoms with Crippen LogP contribution in [0.5, 0.6) is 5.75 Å². The molecule has 0 spiro atoms. The summed E-state index contributed by atoms with van der Waals surface area (Å²) in [4.78, 5) is 28.9. The molecule has 2 aromatic rings. The molecule has 1 fully saturated rings. The van der Waals surface area contributed by atoms with E-state index in [9.17, 15) is 14.0 Å². The van der Waals surface area contributed by atoms with Gasteiger partial charge in [0, 0.05) is 57.4 Å². The summed E-state index contributed by atoms with van der Waals surface area (Å²) in [5, 5.41) is 18.6. The number of rotatable bonds is 8. The molecule has 8 nitrogen and oxygen atoms in total. The standard InChI is InChI=1S/C24H28F2N4O3.CH4O/c1-15(2)22(27)21-20(33-14-24(26)8-10-30(11-9-24)16(3)32)12-19(13-31)29-23(21)28-18-6-4-17(25)5-7-18;1-2/h4-7,12-13,15,27H,8-11,14H2,1-3H3,(H,28,29);2H,1H3. The van der Waals surface area contributed by atoms with Crippen molar-refractivity contribution in [2.45, 2.75) is 39.3 Å². The van der Waals surface area contributed by atoms with Crippen LogP contribution >= 0.6 is 0 Å². The van der Waals surface area contributed by atoms with Gasteiger partial charge in [-0.2, -0.15) is 0 Å². The topological polar surface area (TPSA) is 116 Å². The Bertz CT molecular complexity index is 1040. The van der Waals surface area contributed by atoms with Crippen molar-refractivity contribution < 1.29 is 28.2 Å². The van der Waals surface area contributed by atoms with Crippen LogP contribution in [0.15, 0.2) is 30.3 Å².